The lowest BCUT2D eigenvalue weighted by molar-refractivity contribution is 0.0113. The van der Waals surface area contributed by atoms with E-state index in [9.17, 15) is 8.78 Å². The van der Waals surface area contributed by atoms with E-state index in [0.717, 1.165) is 19.2 Å². The van der Waals surface area contributed by atoms with Crippen molar-refractivity contribution in [3.05, 3.63) is 0 Å². The van der Waals surface area contributed by atoms with Gasteiger partial charge in [0.15, 0.2) is 0 Å². The van der Waals surface area contributed by atoms with Gasteiger partial charge < -0.3 is 9.47 Å². The molecule has 24 heavy (non-hydrogen) atoms. The van der Waals surface area contributed by atoms with Gasteiger partial charge in [-0.2, -0.15) is 0 Å². The third-order valence-electron chi connectivity index (χ3n) is 4.21. The normalized spacial score (nSPS) is 34.8. The van der Waals surface area contributed by atoms with Crippen LogP contribution in [0.2, 0.25) is 0 Å². The number of alkyl halides is 2. The average molecular weight is 353 g/mol. The largest absolute Gasteiger partial charge is 0.375 e. The minimum absolute atomic E-state index is 0.438. The SMILES string of the molecule is CC.CC.CC.CN1CCOC2C1C2(F)F.CN1CCOC2CC21. The molecule has 6 heteroatoms. The Hall–Kier alpha value is -0.300. The Labute approximate surface area is 147 Å². The Kier molecular flexibility index (Phi) is 11.2. The van der Waals surface area contributed by atoms with Crippen LogP contribution in [0.5, 0.6) is 0 Å². The Bertz CT molecular complexity index is 332. The molecule has 2 aliphatic heterocycles. The highest BCUT2D eigenvalue weighted by Gasteiger charge is 2.72. The fraction of sp³-hybridized carbons (Fsp3) is 1.00. The van der Waals surface area contributed by atoms with Crippen LogP contribution in [0.3, 0.4) is 0 Å². The summed E-state index contributed by atoms with van der Waals surface area (Å²) in [5.74, 6) is -2.58. The molecule has 4 nitrogen and oxygen atoms in total. The van der Waals surface area contributed by atoms with Crippen molar-refractivity contribution in [3.8, 4) is 0 Å². The molecular weight excluding hydrogens is 314 g/mol. The Morgan fingerprint density at radius 1 is 0.833 bits per heavy atom. The monoisotopic (exact) mass is 352 g/mol. The van der Waals surface area contributed by atoms with Crippen molar-refractivity contribution < 1.29 is 18.3 Å². The molecule has 2 saturated carbocycles. The number of fused-ring (bicyclic) bond motifs is 2. The van der Waals surface area contributed by atoms with Gasteiger partial charge in [-0.15, -0.1) is 0 Å². The number of nitrogens with zero attached hydrogens (tertiary/aromatic N) is 2. The second-order valence-corrected chi connectivity index (χ2v) is 5.58. The number of rotatable bonds is 0. The minimum atomic E-state index is -2.58. The van der Waals surface area contributed by atoms with Crippen molar-refractivity contribution in [2.24, 2.45) is 0 Å². The third kappa shape index (κ3) is 5.90. The van der Waals surface area contributed by atoms with Crippen LogP contribution in [0.25, 0.3) is 0 Å². The molecule has 4 unspecified atom stereocenters. The molecule has 4 atom stereocenters. The number of ether oxygens (including phenoxy) is 2. The van der Waals surface area contributed by atoms with E-state index in [-0.39, 0.29) is 0 Å². The van der Waals surface area contributed by atoms with Crippen molar-refractivity contribution >= 4 is 0 Å². The fourth-order valence-electron chi connectivity index (χ4n) is 2.79. The van der Waals surface area contributed by atoms with Crippen molar-refractivity contribution in [1.29, 1.82) is 0 Å². The molecular formula is C18H38F2N2O2. The van der Waals surface area contributed by atoms with Gasteiger partial charge in [0.25, 0.3) is 5.92 Å². The summed E-state index contributed by atoms with van der Waals surface area (Å²) in [6.07, 6.45) is 1.07. The molecule has 0 aromatic carbocycles. The standard InChI is InChI=1S/C6H9F2NO.C6H11NO.3C2H6/c1-9-2-3-10-5-4(9)6(5,7)8;1-7-2-3-8-6-4-5(6)7;3*1-2/h4-5H,2-3H2,1H3;5-6H,2-4H2,1H3;3*1-2H3. The van der Waals surface area contributed by atoms with Crippen molar-refractivity contribution in [3.63, 3.8) is 0 Å². The summed E-state index contributed by atoms with van der Waals surface area (Å²) in [5, 5.41) is 0. The summed E-state index contributed by atoms with van der Waals surface area (Å²) in [5.41, 5.74) is 0. The van der Waals surface area contributed by atoms with E-state index in [1.54, 1.807) is 11.9 Å². The van der Waals surface area contributed by atoms with Crippen LogP contribution in [0.4, 0.5) is 8.78 Å². The van der Waals surface area contributed by atoms with Gasteiger partial charge in [-0.1, -0.05) is 41.5 Å². The van der Waals surface area contributed by atoms with Gasteiger partial charge in [0.1, 0.15) is 12.1 Å². The van der Waals surface area contributed by atoms with Crippen LogP contribution in [-0.4, -0.2) is 80.4 Å². The van der Waals surface area contributed by atoms with E-state index < -0.39 is 18.1 Å². The summed E-state index contributed by atoms with van der Waals surface area (Å²) < 4.78 is 35.4. The molecule has 0 radical (unpaired) electrons. The van der Waals surface area contributed by atoms with E-state index >= 15 is 0 Å². The van der Waals surface area contributed by atoms with Crippen LogP contribution in [-0.2, 0) is 9.47 Å². The van der Waals surface area contributed by atoms with Crippen LogP contribution < -0.4 is 0 Å². The zero-order valence-corrected chi connectivity index (χ0v) is 16.8. The fourth-order valence-corrected chi connectivity index (χ4v) is 2.79. The Balaban J connectivity index is 0.000000341. The minimum Gasteiger partial charge on any atom is -0.375 e. The van der Waals surface area contributed by atoms with Gasteiger partial charge in [-0.05, 0) is 20.5 Å². The Morgan fingerprint density at radius 3 is 1.75 bits per heavy atom. The van der Waals surface area contributed by atoms with Crippen LogP contribution >= 0.6 is 0 Å². The number of hydrogen-bond acceptors (Lipinski definition) is 4. The summed E-state index contributed by atoms with van der Waals surface area (Å²) >= 11 is 0. The number of hydrogen-bond donors (Lipinski definition) is 0. The maximum Gasteiger partial charge on any atom is 0.293 e. The lowest BCUT2D eigenvalue weighted by Gasteiger charge is -2.20. The van der Waals surface area contributed by atoms with Crippen molar-refractivity contribution in [1.82, 2.24) is 9.80 Å². The van der Waals surface area contributed by atoms with E-state index in [0.29, 0.717) is 19.3 Å². The molecule has 0 aromatic rings. The zero-order chi connectivity index (χ0) is 18.9. The van der Waals surface area contributed by atoms with Crippen molar-refractivity contribution in [2.45, 2.75) is 78.2 Å². The first-order valence-electron chi connectivity index (χ1n) is 9.53. The van der Waals surface area contributed by atoms with E-state index in [1.807, 2.05) is 41.5 Å². The van der Waals surface area contributed by atoms with Crippen LogP contribution in [0, 0.1) is 0 Å². The zero-order valence-electron chi connectivity index (χ0n) is 16.8. The van der Waals surface area contributed by atoms with Crippen LogP contribution in [0.1, 0.15) is 48.0 Å². The van der Waals surface area contributed by atoms with E-state index in [1.165, 1.54) is 6.42 Å². The molecule has 2 aliphatic carbocycles. The maximum absolute atomic E-state index is 12.6. The highest BCUT2D eigenvalue weighted by Crippen LogP contribution is 2.49. The predicted octanol–water partition coefficient (Wildman–Crippen LogP) is 3.50. The molecule has 0 spiro atoms. The summed E-state index contributed by atoms with van der Waals surface area (Å²) in [4.78, 5) is 4.04. The summed E-state index contributed by atoms with van der Waals surface area (Å²) in [7, 11) is 3.88. The van der Waals surface area contributed by atoms with Gasteiger partial charge in [-0.25, -0.2) is 8.78 Å². The molecule has 4 fully saturated rings. The smallest absolute Gasteiger partial charge is 0.293 e. The summed E-state index contributed by atoms with van der Waals surface area (Å²) in [6, 6.07) is 0.144. The van der Waals surface area contributed by atoms with Gasteiger partial charge in [-0.3, -0.25) is 9.80 Å². The quantitative estimate of drug-likeness (QED) is 0.666. The number of halogens is 2. The molecule has 2 heterocycles. The molecule has 0 amide bonds. The van der Waals surface area contributed by atoms with Crippen molar-refractivity contribution in [2.75, 3.05) is 40.4 Å². The Morgan fingerprint density at radius 2 is 1.33 bits per heavy atom. The van der Waals surface area contributed by atoms with Gasteiger partial charge in [0.05, 0.1) is 19.3 Å². The lowest BCUT2D eigenvalue weighted by Crippen LogP contribution is -2.33. The molecule has 4 rings (SSSR count). The first kappa shape index (κ1) is 23.7. The second kappa shape index (κ2) is 11.3. The number of morpholine rings is 2. The highest BCUT2D eigenvalue weighted by molar-refractivity contribution is 5.15. The average Bonchev–Trinajstić information content (AvgIpc) is 3.51. The predicted molar refractivity (Wildman–Crippen MR) is 95.9 cm³/mol. The van der Waals surface area contributed by atoms with Gasteiger partial charge in [0.2, 0.25) is 0 Å². The molecule has 4 aliphatic rings. The molecule has 146 valence electrons. The molecule has 0 N–H and O–H groups in total. The van der Waals surface area contributed by atoms with Gasteiger partial charge in [0, 0.05) is 19.1 Å². The highest BCUT2D eigenvalue weighted by atomic mass is 19.3. The first-order valence-corrected chi connectivity index (χ1v) is 9.53. The lowest BCUT2D eigenvalue weighted by atomic mass is 10.5. The maximum atomic E-state index is 12.6. The van der Waals surface area contributed by atoms with Crippen LogP contribution in [0.15, 0.2) is 0 Å². The summed E-state index contributed by atoms with van der Waals surface area (Å²) in [6.45, 7) is 15.1. The second-order valence-electron chi connectivity index (χ2n) is 5.58. The van der Waals surface area contributed by atoms with E-state index in [4.69, 9.17) is 9.47 Å². The third-order valence-corrected chi connectivity index (χ3v) is 4.21. The molecule has 0 bridgehead atoms. The molecule has 0 aromatic heterocycles. The topological polar surface area (TPSA) is 24.9 Å². The van der Waals surface area contributed by atoms with Gasteiger partial charge >= 0.3 is 0 Å². The molecule has 2 saturated heterocycles. The first-order chi connectivity index (χ1) is 11.5. The van der Waals surface area contributed by atoms with E-state index in [2.05, 4.69) is 11.9 Å². The number of likely N-dealkylation sites (N-methyl/N-ethyl adjacent to an activating group) is 2.